The molecule has 0 aromatic heterocycles. The molecule has 5 heteroatoms. The minimum absolute atomic E-state index is 0.584. The van der Waals surface area contributed by atoms with Crippen LogP contribution in [0.25, 0.3) is 0 Å². The fraction of sp³-hybridized carbons (Fsp3) is 0.278. The molecule has 122 valence electrons. The molecule has 0 atom stereocenters. The molecule has 0 bridgehead atoms. The van der Waals surface area contributed by atoms with E-state index in [1.54, 1.807) is 14.2 Å². The van der Waals surface area contributed by atoms with Crippen LogP contribution in [0.4, 0.5) is 5.69 Å². The first-order chi connectivity index (χ1) is 11.3. The Morgan fingerprint density at radius 3 is 2.52 bits per heavy atom. The lowest BCUT2D eigenvalue weighted by Crippen LogP contribution is -2.30. The highest BCUT2D eigenvalue weighted by Crippen LogP contribution is 2.30. The normalized spacial score (nSPS) is 11.0. The Bertz CT molecular complexity index is 642. The molecule has 0 amide bonds. The van der Waals surface area contributed by atoms with Crippen LogP contribution >= 0.6 is 0 Å². The summed E-state index contributed by atoms with van der Waals surface area (Å²) >= 11 is 0. The topological polar surface area (TPSA) is 54.9 Å². The molecule has 0 unspecified atom stereocenters. The Morgan fingerprint density at radius 2 is 1.87 bits per heavy atom. The van der Waals surface area contributed by atoms with Gasteiger partial charge in [0.15, 0.2) is 17.5 Å². The molecule has 0 radical (unpaired) electrons. The summed E-state index contributed by atoms with van der Waals surface area (Å²) < 4.78 is 10.9. The maximum Gasteiger partial charge on any atom is 0.195 e. The van der Waals surface area contributed by atoms with Crippen molar-refractivity contribution in [3.8, 4) is 11.5 Å². The molecule has 0 aliphatic rings. The number of ether oxygens (including phenoxy) is 2. The number of nitrogens with zero attached hydrogens (tertiary/aromatic N) is 1. The van der Waals surface area contributed by atoms with Gasteiger partial charge in [-0.2, -0.15) is 0 Å². The molecular weight excluding hydrogens is 290 g/mol. The highest BCUT2D eigenvalue weighted by molar-refractivity contribution is 5.93. The lowest BCUT2D eigenvalue weighted by Gasteiger charge is -2.14. The quantitative estimate of drug-likeness (QED) is 0.635. The highest BCUT2D eigenvalue weighted by Gasteiger charge is 2.07. The molecule has 5 nitrogen and oxygen atoms in total. The number of nitrogens with one attached hydrogen (secondary N) is 2. The van der Waals surface area contributed by atoms with Gasteiger partial charge in [0.2, 0.25) is 0 Å². The van der Waals surface area contributed by atoms with Crippen LogP contribution in [0, 0.1) is 0 Å². The SMILES string of the molecule is CCOc1cc(NC(=NC)NCc2ccccc2)ccc1OC. The smallest absolute Gasteiger partial charge is 0.195 e. The molecule has 2 N–H and O–H groups in total. The summed E-state index contributed by atoms with van der Waals surface area (Å²) in [5, 5.41) is 6.53. The zero-order valence-corrected chi connectivity index (χ0v) is 13.8. The first-order valence-electron chi connectivity index (χ1n) is 7.59. The third-order valence-electron chi connectivity index (χ3n) is 3.25. The lowest BCUT2D eigenvalue weighted by molar-refractivity contribution is 0.311. The molecule has 2 aromatic rings. The molecule has 0 aliphatic carbocycles. The van der Waals surface area contributed by atoms with Gasteiger partial charge in [0, 0.05) is 25.3 Å². The number of hydrogen-bond donors (Lipinski definition) is 2. The minimum Gasteiger partial charge on any atom is -0.493 e. The van der Waals surface area contributed by atoms with E-state index >= 15 is 0 Å². The van der Waals surface area contributed by atoms with E-state index in [0.717, 1.165) is 5.69 Å². The Kier molecular flexibility index (Phi) is 6.29. The van der Waals surface area contributed by atoms with E-state index in [1.165, 1.54) is 5.56 Å². The fourth-order valence-corrected chi connectivity index (χ4v) is 2.12. The monoisotopic (exact) mass is 313 g/mol. The molecule has 0 saturated heterocycles. The first kappa shape index (κ1) is 16.7. The van der Waals surface area contributed by atoms with E-state index in [9.17, 15) is 0 Å². The minimum atomic E-state index is 0.584. The van der Waals surface area contributed by atoms with Crippen LogP contribution in [0.1, 0.15) is 12.5 Å². The van der Waals surface area contributed by atoms with E-state index < -0.39 is 0 Å². The molecule has 0 saturated carbocycles. The van der Waals surface area contributed by atoms with Crippen LogP contribution in [-0.2, 0) is 6.54 Å². The average molecular weight is 313 g/mol. The van der Waals surface area contributed by atoms with Crippen LogP contribution in [0.5, 0.6) is 11.5 Å². The van der Waals surface area contributed by atoms with Crippen molar-refractivity contribution in [3.05, 3.63) is 54.1 Å². The maximum atomic E-state index is 5.59. The molecule has 0 spiro atoms. The van der Waals surface area contributed by atoms with E-state index in [0.29, 0.717) is 30.6 Å². The molecule has 0 aliphatic heterocycles. The predicted octanol–water partition coefficient (Wildman–Crippen LogP) is 3.28. The van der Waals surface area contributed by atoms with Crippen molar-refractivity contribution in [1.29, 1.82) is 0 Å². The van der Waals surface area contributed by atoms with Crippen molar-refractivity contribution in [3.63, 3.8) is 0 Å². The van der Waals surface area contributed by atoms with Gasteiger partial charge >= 0.3 is 0 Å². The van der Waals surface area contributed by atoms with Gasteiger partial charge in [-0.25, -0.2) is 0 Å². The van der Waals surface area contributed by atoms with Crippen molar-refractivity contribution >= 4 is 11.6 Å². The molecule has 23 heavy (non-hydrogen) atoms. The fourth-order valence-electron chi connectivity index (χ4n) is 2.12. The van der Waals surface area contributed by atoms with Gasteiger partial charge < -0.3 is 20.1 Å². The van der Waals surface area contributed by atoms with Gasteiger partial charge in [0.05, 0.1) is 13.7 Å². The van der Waals surface area contributed by atoms with Crippen LogP contribution < -0.4 is 20.1 Å². The van der Waals surface area contributed by atoms with Crippen LogP contribution in [0.15, 0.2) is 53.5 Å². The van der Waals surface area contributed by atoms with Gasteiger partial charge in [-0.1, -0.05) is 30.3 Å². The summed E-state index contributed by atoms with van der Waals surface area (Å²) in [6, 6.07) is 15.9. The van der Waals surface area contributed by atoms with Gasteiger partial charge in [-0.15, -0.1) is 0 Å². The van der Waals surface area contributed by atoms with E-state index in [-0.39, 0.29) is 0 Å². The Balaban J connectivity index is 2.02. The summed E-state index contributed by atoms with van der Waals surface area (Å²) in [6.07, 6.45) is 0. The number of methoxy groups -OCH3 is 1. The Labute approximate surface area is 137 Å². The molecule has 2 aromatic carbocycles. The summed E-state index contributed by atoms with van der Waals surface area (Å²) in [7, 11) is 3.37. The standard InChI is InChI=1S/C18H23N3O2/c1-4-23-17-12-15(10-11-16(17)22-3)21-18(19-2)20-13-14-8-6-5-7-9-14/h5-12H,4,13H2,1-3H3,(H2,19,20,21). The summed E-state index contributed by atoms with van der Waals surface area (Å²) in [6.45, 7) is 3.23. The van der Waals surface area contributed by atoms with Crippen molar-refractivity contribution in [2.24, 2.45) is 4.99 Å². The lowest BCUT2D eigenvalue weighted by atomic mass is 10.2. The van der Waals surface area contributed by atoms with Crippen LogP contribution in [0.3, 0.4) is 0 Å². The third-order valence-corrected chi connectivity index (χ3v) is 3.25. The number of benzene rings is 2. The summed E-state index contributed by atoms with van der Waals surface area (Å²) in [5.41, 5.74) is 2.08. The number of anilines is 1. The van der Waals surface area contributed by atoms with Crippen molar-refractivity contribution in [1.82, 2.24) is 5.32 Å². The van der Waals surface area contributed by atoms with Gasteiger partial charge in [-0.05, 0) is 24.6 Å². The number of rotatable bonds is 6. The second kappa shape index (κ2) is 8.68. The second-order valence-corrected chi connectivity index (χ2v) is 4.84. The molecule has 0 fully saturated rings. The van der Waals surface area contributed by atoms with Crippen molar-refractivity contribution in [2.45, 2.75) is 13.5 Å². The predicted molar refractivity (Wildman–Crippen MR) is 94.4 cm³/mol. The van der Waals surface area contributed by atoms with Gasteiger partial charge in [-0.3, -0.25) is 4.99 Å². The van der Waals surface area contributed by atoms with E-state index in [1.807, 2.05) is 43.3 Å². The zero-order valence-electron chi connectivity index (χ0n) is 13.8. The highest BCUT2D eigenvalue weighted by atomic mass is 16.5. The van der Waals surface area contributed by atoms with E-state index in [4.69, 9.17) is 9.47 Å². The van der Waals surface area contributed by atoms with Crippen molar-refractivity contribution in [2.75, 3.05) is 26.1 Å². The number of hydrogen-bond acceptors (Lipinski definition) is 3. The van der Waals surface area contributed by atoms with Gasteiger partial charge in [0.1, 0.15) is 0 Å². The molecular formula is C18H23N3O2. The largest absolute Gasteiger partial charge is 0.493 e. The second-order valence-electron chi connectivity index (χ2n) is 4.84. The number of guanidine groups is 1. The summed E-state index contributed by atoms with van der Waals surface area (Å²) in [4.78, 5) is 4.24. The zero-order chi connectivity index (χ0) is 16.5. The molecule has 0 heterocycles. The Morgan fingerprint density at radius 1 is 1.09 bits per heavy atom. The first-order valence-corrected chi connectivity index (χ1v) is 7.59. The third kappa shape index (κ3) is 4.92. The van der Waals surface area contributed by atoms with Crippen LogP contribution in [-0.4, -0.2) is 26.7 Å². The molecule has 2 rings (SSSR count). The number of aliphatic imine (C=N–C) groups is 1. The Hall–Kier alpha value is -2.69. The summed E-state index contributed by atoms with van der Waals surface area (Å²) in [5.74, 6) is 2.12. The maximum absolute atomic E-state index is 5.59. The van der Waals surface area contributed by atoms with E-state index in [2.05, 4.69) is 27.8 Å². The van der Waals surface area contributed by atoms with Gasteiger partial charge in [0.25, 0.3) is 0 Å². The van der Waals surface area contributed by atoms with Crippen molar-refractivity contribution < 1.29 is 9.47 Å². The average Bonchev–Trinajstić information content (AvgIpc) is 2.60. The van der Waals surface area contributed by atoms with Crippen LogP contribution in [0.2, 0.25) is 0 Å².